The number of carbonyl (C=O) groups excluding carboxylic acids is 1. The van der Waals surface area contributed by atoms with Crippen molar-refractivity contribution in [1.29, 1.82) is 0 Å². The zero-order valence-electron chi connectivity index (χ0n) is 11.2. The third-order valence-electron chi connectivity index (χ3n) is 3.04. The van der Waals surface area contributed by atoms with Gasteiger partial charge in [0.15, 0.2) is 5.58 Å². The highest BCUT2D eigenvalue weighted by Gasteiger charge is 2.14. The number of aryl methyl sites for hydroxylation is 1. The molecule has 0 fully saturated rings. The van der Waals surface area contributed by atoms with Crippen molar-refractivity contribution >= 4 is 17.0 Å². The molecule has 0 radical (unpaired) electrons. The summed E-state index contributed by atoms with van der Waals surface area (Å²) in [4.78, 5) is 24.7. The quantitative estimate of drug-likeness (QED) is 0.871. The predicted octanol–water partition coefficient (Wildman–Crippen LogP) is 0.437. The van der Waals surface area contributed by atoms with Crippen molar-refractivity contribution < 1.29 is 9.21 Å². The Bertz CT molecular complexity index is 669. The van der Waals surface area contributed by atoms with Crippen molar-refractivity contribution in [2.75, 3.05) is 7.05 Å². The van der Waals surface area contributed by atoms with Crippen molar-refractivity contribution in [3.8, 4) is 0 Å². The van der Waals surface area contributed by atoms with Gasteiger partial charge in [-0.2, -0.15) is 0 Å². The molecule has 1 aromatic carbocycles. The molecule has 0 spiro atoms. The molecule has 1 amide bonds. The Hall–Kier alpha value is -2.08. The van der Waals surface area contributed by atoms with Crippen molar-refractivity contribution in [2.24, 2.45) is 12.8 Å². The summed E-state index contributed by atoms with van der Waals surface area (Å²) in [6.45, 7) is 2.09. The lowest BCUT2D eigenvalue weighted by molar-refractivity contribution is -0.131. The fraction of sp³-hybridized carbons (Fsp3) is 0.385. The van der Waals surface area contributed by atoms with Gasteiger partial charge in [-0.05, 0) is 24.6 Å². The normalized spacial score (nSPS) is 12.6. The maximum absolute atomic E-state index is 11.7. The van der Waals surface area contributed by atoms with Crippen LogP contribution in [-0.2, 0) is 18.4 Å². The second-order valence-corrected chi connectivity index (χ2v) is 4.71. The highest BCUT2D eigenvalue weighted by Crippen LogP contribution is 2.15. The van der Waals surface area contributed by atoms with Crippen LogP contribution in [0.15, 0.2) is 27.4 Å². The number of hydrogen-bond acceptors (Lipinski definition) is 4. The van der Waals surface area contributed by atoms with E-state index in [1.54, 1.807) is 32.0 Å². The molecule has 0 aliphatic heterocycles. The molecule has 1 unspecified atom stereocenters. The van der Waals surface area contributed by atoms with Gasteiger partial charge < -0.3 is 15.1 Å². The first-order valence-electron chi connectivity index (χ1n) is 5.99. The number of oxazole rings is 1. The summed E-state index contributed by atoms with van der Waals surface area (Å²) in [5, 5.41) is 0. The Morgan fingerprint density at radius 1 is 1.53 bits per heavy atom. The molecule has 1 heterocycles. The van der Waals surface area contributed by atoms with Gasteiger partial charge in [-0.3, -0.25) is 9.36 Å². The maximum atomic E-state index is 11.7. The van der Waals surface area contributed by atoms with E-state index in [1.807, 2.05) is 12.1 Å². The minimum Gasteiger partial charge on any atom is -0.408 e. The number of rotatable bonds is 3. The monoisotopic (exact) mass is 263 g/mol. The molecule has 0 aliphatic rings. The molecule has 2 aromatic rings. The Labute approximate surface area is 110 Å². The van der Waals surface area contributed by atoms with Gasteiger partial charge in [0, 0.05) is 20.6 Å². The fourth-order valence-corrected chi connectivity index (χ4v) is 1.97. The molecule has 0 saturated carbocycles. The van der Waals surface area contributed by atoms with Crippen LogP contribution in [0.1, 0.15) is 12.5 Å². The first kappa shape index (κ1) is 13.4. The topological polar surface area (TPSA) is 81.5 Å². The van der Waals surface area contributed by atoms with Crippen molar-refractivity contribution in [3.05, 3.63) is 34.3 Å². The molecule has 0 saturated heterocycles. The van der Waals surface area contributed by atoms with Crippen LogP contribution in [0.5, 0.6) is 0 Å². The molecule has 1 atom stereocenters. The van der Waals surface area contributed by atoms with Crippen LogP contribution in [-0.4, -0.2) is 28.5 Å². The van der Waals surface area contributed by atoms with E-state index in [2.05, 4.69) is 0 Å². The van der Waals surface area contributed by atoms with E-state index in [4.69, 9.17) is 10.2 Å². The zero-order chi connectivity index (χ0) is 14.2. The van der Waals surface area contributed by atoms with Crippen LogP contribution in [0.4, 0.5) is 0 Å². The van der Waals surface area contributed by atoms with Crippen LogP contribution >= 0.6 is 0 Å². The standard InChI is InChI=1S/C13H17N3O3/c1-8(14)12(17)15(2)7-9-4-5-11-10(6-9)16(3)13(18)19-11/h4-6,8H,7,14H2,1-3H3. The van der Waals surface area contributed by atoms with Gasteiger partial charge in [0.1, 0.15) is 0 Å². The Morgan fingerprint density at radius 2 is 2.21 bits per heavy atom. The van der Waals surface area contributed by atoms with E-state index >= 15 is 0 Å². The smallest absolute Gasteiger partial charge is 0.408 e. The number of aromatic nitrogens is 1. The lowest BCUT2D eigenvalue weighted by Gasteiger charge is -2.19. The first-order chi connectivity index (χ1) is 8.90. The largest absolute Gasteiger partial charge is 0.419 e. The number of amides is 1. The van der Waals surface area contributed by atoms with Gasteiger partial charge >= 0.3 is 5.76 Å². The van der Waals surface area contributed by atoms with E-state index in [-0.39, 0.29) is 5.91 Å². The summed E-state index contributed by atoms with van der Waals surface area (Å²) in [7, 11) is 3.35. The average molecular weight is 263 g/mol. The van der Waals surface area contributed by atoms with Crippen molar-refractivity contribution in [2.45, 2.75) is 19.5 Å². The van der Waals surface area contributed by atoms with E-state index in [0.717, 1.165) is 5.56 Å². The number of carbonyl (C=O) groups is 1. The van der Waals surface area contributed by atoms with Crippen molar-refractivity contribution in [1.82, 2.24) is 9.47 Å². The van der Waals surface area contributed by atoms with Gasteiger partial charge in [-0.15, -0.1) is 0 Å². The highest BCUT2D eigenvalue weighted by molar-refractivity contribution is 5.81. The Kier molecular flexibility index (Phi) is 3.44. The van der Waals surface area contributed by atoms with Crippen LogP contribution in [0.2, 0.25) is 0 Å². The second kappa shape index (κ2) is 4.89. The number of hydrogen-bond donors (Lipinski definition) is 1. The summed E-state index contributed by atoms with van der Waals surface area (Å²) >= 11 is 0. The molecule has 6 heteroatoms. The van der Waals surface area contributed by atoms with E-state index < -0.39 is 11.8 Å². The van der Waals surface area contributed by atoms with Gasteiger partial charge in [0.2, 0.25) is 5.91 Å². The third-order valence-corrected chi connectivity index (χ3v) is 3.04. The van der Waals surface area contributed by atoms with Gasteiger partial charge in [-0.1, -0.05) is 6.07 Å². The average Bonchev–Trinajstić information content (AvgIpc) is 2.64. The summed E-state index contributed by atoms with van der Waals surface area (Å²) in [6, 6.07) is 4.88. The Morgan fingerprint density at radius 3 is 2.84 bits per heavy atom. The van der Waals surface area contributed by atoms with Crippen molar-refractivity contribution in [3.63, 3.8) is 0 Å². The Balaban J connectivity index is 2.29. The summed E-state index contributed by atoms with van der Waals surface area (Å²) in [5.74, 6) is -0.520. The molecule has 0 aliphatic carbocycles. The molecular weight excluding hydrogens is 246 g/mol. The number of nitrogens with zero attached hydrogens (tertiary/aromatic N) is 2. The van der Waals surface area contributed by atoms with E-state index in [9.17, 15) is 9.59 Å². The number of fused-ring (bicyclic) bond motifs is 1. The third kappa shape index (κ3) is 2.53. The van der Waals surface area contributed by atoms with Gasteiger partial charge in [0.25, 0.3) is 0 Å². The maximum Gasteiger partial charge on any atom is 0.419 e. The van der Waals surface area contributed by atoms with E-state index in [1.165, 1.54) is 4.57 Å². The zero-order valence-corrected chi connectivity index (χ0v) is 11.2. The lowest BCUT2D eigenvalue weighted by Crippen LogP contribution is -2.39. The summed E-state index contributed by atoms with van der Waals surface area (Å²) in [5.41, 5.74) is 7.73. The number of nitrogens with two attached hydrogens (primary N) is 1. The van der Waals surface area contributed by atoms with Crippen LogP contribution in [0.3, 0.4) is 0 Å². The summed E-state index contributed by atoms with van der Waals surface area (Å²) < 4.78 is 6.49. The lowest BCUT2D eigenvalue weighted by atomic mass is 10.2. The first-order valence-corrected chi connectivity index (χ1v) is 5.99. The molecule has 102 valence electrons. The van der Waals surface area contributed by atoms with Crippen LogP contribution in [0, 0.1) is 0 Å². The molecule has 2 rings (SSSR count). The predicted molar refractivity (Wildman–Crippen MR) is 71.6 cm³/mol. The highest BCUT2D eigenvalue weighted by atomic mass is 16.4. The summed E-state index contributed by atoms with van der Waals surface area (Å²) in [6.07, 6.45) is 0. The molecule has 1 aromatic heterocycles. The van der Waals surface area contributed by atoms with Gasteiger partial charge in [-0.25, -0.2) is 4.79 Å². The number of likely N-dealkylation sites (N-methyl/N-ethyl adjacent to an activating group) is 1. The molecular formula is C13H17N3O3. The fourth-order valence-electron chi connectivity index (χ4n) is 1.97. The molecule has 19 heavy (non-hydrogen) atoms. The molecule has 0 bridgehead atoms. The van der Waals surface area contributed by atoms with E-state index in [0.29, 0.717) is 17.6 Å². The number of benzene rings is 1. The van der Waals surface area contributed by atoms with Gasteiger partial charge in [0.05, 0.1) is 11.6 Å². The molecule has 6 nitrogen and oxygen atoms in total. The van der Waals surface area contributed by atoms with Crippen LogP contribution in [0.25, 0.3) is 11.1 Å². The molecule has 2 N–H and O–H groups in total. The SMILES string of the molecule is CC(N)C(=O)N(C)Cc1ccc2oc(=O)n(C)c2c1. The second-order valence-electron chi connectivity index (χ2n) is 4.71. The minimum atomic E-state index is -0.521. The van der Waals surface area contributed by atoms with Crippen LogP contribution < -0.4 is 11.5 Å². The minimum absolute atomic E-state index is 0.124.